The van der Waals surface area contributed by atoms with E-state index >= 15 is 0 Å². The SMILES string of the molecule is CN(C)C/C=C/C(=O)N1CCCC1c1nc(-c2ccc(C(=O)Nc3nccs3)cc2)c2c(N)nccn12. The number of amides is 2. The smallest absolute Gasteiger partial charge is 0.257 e. The Labute approximate surface area is 218 Å². The maximum Gasteiger partial charge on any atom is 0.257 e. The van der Waals surface area contributed by atoms with E-state index in [2.05, 4.69) is 15.3 Å². The first-order valence-electron chi connectivity index (χ1n) is 12.0. The molecule has 4 aromatic rings. The second-order valence-electron chi connectivity index (χ2n) is 9.07. The summed E-state index contributed by atoms with van der Waals surface area (Å²) in [6.07, 6.45) is 10.3. The number of hydrogen-bond donors (Lipinski definition) is 2. The molecule has 11 heteroatoms. The quantitative estimate of drug-likeness (QED) is 0.361. The number of nitrogens with one attached hydrogen (secondary N) is 1. The van der Waals surface area contributed by atoms with E-state index in [9.17, 15) is 9.59 Å². The second-order valence-corrected chi connectivity index (χ2v) is 9.97. The van der Waals surface area contributed by atoms with E-state index in [-0.39, 0.29) is 17.9 Å². The highest BCUT2D eigenvalue weighted by atomic mass is 32.1. The molecule has 0 saturated carbocycles. The van der Waals surface area contributed by atoms with Crippen molar-refractivity contribution < 1.29 is 9.59 Å². The predicted octanol–water partition coefficient (Wildman–Crippen LogP) is 3.47. The molecule has 2 amide bonds. The minimum absolute atomic E-state index is 0.0275. The number of carbonyl (C=O) groups excluding carboxylic acids is 2. The monoisotopic (exact) mass is 516 g/mol. The number of likely N-dealkylation sites (N-methyl/N-ethyl adjacent to an activating group) is 1. The highest BCUT2D eigenvalue weighted by Crippen LogP contribution is 2.36. The van der Waals surface area contributed by atoms with Crippen molar-refractivity contribution in [2.45, 2.75) is 18.9 Å². The van der Waals surface area contributed by atoms with E-state index in [1.165, 1.54) is 11.3 Å². The van der Waals surface area contributed by atoms with E-state index < -0.39 is 0 Å². The lowest BCUT2D eigenvalue weighted by Crippen LogP contribution is -2.30. The predicted molar refractivity (Wildman–Crippen MR) is 144 cm³/mol. The molecule has 1 aliphatic rings. The number of fused-ring (bicyclic) bond motifs is 1. The molecule has 1 aliphatic heterocycles. The van der Waals surface area contributed by atoms with Gasteiger partial charge in [0.1, 0.15) is 22.9 Å². The van der Waals surface area contributed by atoms with Crippen LogP contribution in [0.4, 0.5) is 10.9 Å². The van der Waals surface area contributed by atoms with Crippen molar-refractivity contribution in [3.05, 3.63) is 71.8 Å². The van der Waals surface area contributed by atoms with Gasteiger partial charge >= 0.3 is 0 Å². The summed E-state index contributed by atoms with van der Waals surface area (Å²) in [7, 11) is 3.92. The van der Waals surface area contributed by atoms with Crippen LogP contribution in [0.2, 0.25) is 0 Å². The maximum absolute atomic E-state index is 13.0. The lowest BCUT2D eigenvalue weighted by Gasteiger charge is -2.22. The van der Waals surface area contributed by atoms with E-state index in [1.807, 2.05) is 52.7 Å². The van der Waals surface area contributed by atoms with Gasteiger partial charge in [-0.3, -0.25) is 19.3 Å². The minimum atomic E-state index is -0.236. The van der Waals surface area contributed by atoms with E-state index in [0.29, 0.717) is 40.8 Å². The summed E-state index contributed by atoms with van der Waals surface area (Å²) < 4.78 is 1.93. The number of benzene rings is 1. The van der Waals surface area contributed by atoms with Crippen LogP contribution >= 0.6 is 11.3 Å². The summed E-state index contributed by atoms with van der Waals surface area (Å²) in [4.78, 5) is 42.8. The molecule has 1 unspecified atom stereocenters. The number of carbonyl (C=O) groups is 2. The Morgan fingerprint density at radius 1 is 1.22 bits per heavy atom. The van der Waals surface area contributed by atoms with E-state index in [1.54, 1.807) is 36.0 Å². The summed E-state index contributed by atoms with van der Waals surface area (Å²) in [5.41, 5.74) is 8.96. The highest BCUT2D eigenvalue weighted by Gasteiger charge is 2.33. The first kappa shape index (κ1) is 24.6. The third-order valence-corrected chi connectivity index (χ3v) is 6.94. The molecule has 3 aromatic heterocycles. The first-order valence-corrected chi connectivity index (χ1v) is 12.9. The molecule has 1 saturated heterocycles. The van der Waals surface area contributed by atoms with Crippen LogP contribution in [-0.4, -0.2) is 68.2 Å². The number of nitrogens with zero attached hydrogens (tertiary/aromatic N) is 6. The number of thiazole rings is 1. The fourth-order valence-corrected chi connectivity index (χ4v) is 5.04. The van der Waals surface area contributed by atoms with Gasteiger partial charge in [-0.25, -0.2) is 15.0 Å². The van der Waals surface area contributed by atoms with Crippen molar-refractivity contribution in [3.63, 3.8) is 0 Å². The molecule has 10 nitrogen and oxygen atoms in total. The molecule has 0 spiro atoms. The van der Waals surface area contributed by atoms with Crippen LogP contribution in [-0.2, 0) is 4.79 Å². The van der Waals surface area contributed by atoms with Gasteiger partial charge < -0.3 is 15.5 Å². The van der Waals surface area contributed by atoms with Gasteiger partial charge in [-0.15, -0.1) is 11.3 Å². The molecule has 190 valence electrons. The molecule has 1 aromatic carbocycles. The Balaban J connectivity index is 1.46. The van der Waals surface area contributed by atoms with Gasteiger partial charge in [0.05, 0.1) is 6.04 Å². The number of likely N-dealkylation sites (tertiary alicyclic amines) is 1. The summed E-state index contributed by atoms with van der Waals surface area (Å²) >= 11 is 1.36. The molecule has 5 rings (SSSR count). The zero-order chi connectivity index (χ0) is 25.9. The third-order valence-electron chi connectivity index (χ3n) is 6.25. The fraction of sp³-hybridized carbons (Fsp3) is 0.269. The van der Waals surface area contributed by atoms with Crippen molar-refractivity contribution in [3.8, 4) is 11.3 Å². The molecule has 37 heavy (non-hydrogen) atoms. The van der Waals surface area contributed by atoms with Crippen molar-refractivity contribution >= 4 is 39.6 Å². The van der Waals surface area contributed by atoms with E-state index in [0.717, 1.165) is 24.2 Å². The molecule has 0 radical (unpaired) electrons. The Hall–Kier alpha value is -4.09. The van der Waals surface area contributed by atoms with Gasteiger partial charge in [-0.1, -0.05) is 18.2 Å². The van der Waals surface area contributed by atoms with Crippen LogP contribution in [0, 0.1) is 0 Å². The summed E-state index contributed by atoms with van der Waals surface area (Å²) in [5, 5.41) is 5.14. The standard InChI is InChI=1S/C26H28N8O2S/c1-32(2)13-4-6-20(35)33-14-3-5-19(33)24-30-21(22-23(27)28-11-15-34(22)24)17-7-9-18(10-8-17)25(36)31-26-29-12-16-37-26/h4,6-12,15-16,19H,3,5,13-14H2,1-2H3,(H2,27,28)(H,29,31,36)/b6-4+. The zero-order valence-electron chi connectivity index (χ0n) is 20.7. The molecule has 1 fully saturated rings. The molecule has 0 bridgehead atoms. The minimum Gasteiger partial charge on any atom is -0.382 e. The molecule has 1 atom stereocenters. The number of anilines is 2. The lowest BCUT2D eigenvalue weighted by atomic mass is 10.1. The zero-order valence-corrected chi connectivity index (χ0v) is 21.5. The summed E-state index contributed by atoms with van der Waals surface area (Å²) in [5.74, 6) is 0.834. The Morgan fingerprint density at radius 3 is 2.76 bits per heavy atom. The Bertz CT molecular complexity index is 1440. The Kier molecular flexibility index (Phi) is 6.97. The second kappa shape index (κ2) is 10.5. The van der Waals surface area contributed by atoms with Gasteiger partial charge in [-0.05, 0) is 39.1 Å². The van der Waals surface area contributed by atoms with Crippen LogP contribution in [0.3, 0.4) is 0 Å². The summed E-state index contributed by atoms with van der Waals surface area (Å²) in [6, 6.07) is 7.00. The van der Waals surface area contributed by atoms with Crippen LogP contribution in [0.5, 0.6) is 0 Å². The van der Waals surface area contributed by atoms with Crippen molar-refractivity contribution in [1.29, 1.82) is 0 Å². The van der Waals surface area contributed by atoms with Gasteiger partial charge in [0.15, 0.2) is 5.13 Å². The number of imidazole rings is 1. The number of nitrogens with two attached hydrogens (primary N) is 1. The van der Waals surface area contributed by atoms with Crippen molar-refractivity contribution in [1.82, 2.24) is 29.2 Å². The number of nitrogen functional groups attached to an aromatic ring is 1. The first-order chi connectivity index (χ1) is 17.9. The number of aromatic nitrogens is 4. The topological polar surface area (TPSA) is 122 Å². The normalized spacial score (nSPS) is 15.8. The lowest BCUT2D eigenvalue weighted by molar-refractivity contribution is -0.127. The third kappa shape index (κ3) is 5.09. The molecule has 0 aliphatic carbocycles. The van der Waals surface area contributed by atoms with Crippen molar-refractivity contribution in [2.75, 3.05) is 38.2 Å². The molecule has 3 N–H and O–H groups in total. The average Bonchev–Trinajstić information content (AvgIpc) is 3.64. The van der Waals surface area contributed by atoms with Crippen LogP contribution in [0.15, 0.2) is 60.4 Å². The molecular weight excluding hydrogens is 488 g/mol. The molecule has 4 heterocycles. The van der Waals surface area contributed by atoms with Crippen LogP contribution < -0.4 is 11.1 Å². The number of rotatable bonds is 7. The molecular formula is C26H28N8O2S. The van der Waals surface area contributed by atoms with Crippen molar-refractivity contribution in [2.24, 2.45) is 0 Å². The summed E-state index contributed by atoms with van der Waals surface area (Å²) in [6.45, 7) is 1.37. The van der Waals surface area contributed by atoms with Crippen LogP contribution in [0.1, 0.15) is 35.1 Å². The number of hydrogen-bond acceptors (Lipinski definition) is 8. The fourth-order valence-electron chi connectivity index (χ4n) is 4.52. The van der Waals surface area contributed by atoms with Gasteiger partial charge in [-0.2, -0.15) is 0 Å². The Morgan fingerprint density at radius 2 is 2.03 bits per heavy atom. The van der Waals surface area contributed by atoms with Gasteiger partial charge in [0.2, 0.25) is 5.91 Å². The average molecular weight is 517 g/mol. The van der Waals surface area contributed by atoms with E-state index in [4.69, 9.17) is 10.7 Å². The maximum atomic E-state index is 13.0. The van der Waals surface area contributed by atoms with Crippen LogP contribution in [0.25, 0.3) is 16.8 Å². The largest absolute Gasteiger partial charge is 0.382 e. The highest BCUT2D eigenvalue weighted by molar-refractivity contribution is 7.13. The van der Waals surface area contributed by atoms with Gasteiger partial charge in [0.25, 0.3) is 5.91 Å². The van der Waals surface area contributed by atoms with Gasteiger partial charge in [0, 0.05) is 54.3 Å².